The highest BCUT2D eigenvalue weighted by molar-refractivity contribution is 6.02. The predicted octanol–water partition coefficient (Wildman–Crippen LogP) is 6.29. The quantitative estimate of drug-likeness (QED) is 0.314. The van der Waals surface area contributed by atoms with Crippen LogP contribution < -0.4 is 10.2 Å². The van der Waals surface area contributed by atoms with Gasteiger partial charge in [0.25, 0.3) is 5.91 Å². The Morgan fingerprint density at radius 1 is 1.07 bits per heavy atom. The standard InChI is InChI=1S/C30H31F4N3O3/c1-20-8-5-6-13-25(20)28(29(39)36-23-10-3-2-4-11-23)37(24-12-7-9-22(31)16-24)27(38)19-40-18-21-17-35-15-14-26(21)30(32,33)34/h5-9,12-17,23,28H,2-4,10-11,18-19H2,1H3,(H,36,39). The topological polar surface area (TPSA) is 71.5 Å². The maximum Gasteiger partial charge on any atom is 0.416 e. The number of hydrogen-bond donors (Lipinski definition) is 1. The minimum Gasteiger partial charge on any atom is -0.367 e. The lowest BCUT2D eigenvalue weighted by Gasteiger charge is -2.34. The molecule has 40 heavy (non-hydrogen) atoms. The van der Waals surface area contributed by atoms with E-state index >= 15 is 0 Å². The summed E-state index contributed by atoms with van der Waals surface area (Å²) < 4.78 is 60.0. The van der Waals surface area contributed by atoms with E-state index in [2.05, 4.69) is 10.3 Å². The molecule has 1 saturated carbocycles. The first-order chi connectivity index (χ1) is 19.1. The number of carbonyl (C=O) groups excluding carboxylic acids is 2. The Bertz CT molecular complexity index is 1330. The van der Waals surface area contributed by atoms with Crippen LogP contribution in [0.3, 0.4) is 0 Å². The molecule has 4 rings (SSSR count). The molecule has 3 aromatic rings. The van der Waals surface area contributed by atoms with Gasteiger partial charge in [-0.15, -0.1) is 0 Å². The average Bonchev–Trinajstić information content (AvgIpc) is 2.92. The summed E-state index contributed by atoms with van der Waals surface area (Å²) in [7, 11) is 0. The second-order valence-corrected chi connectivity index (χ2v) is 9.87. The average molecular weight is 558 g/mol. The molecule has 1 N–H and O–H groups in total. The number of hydrogen-bond acceptors (Lipinski definition) is 4. The molecule has 1 aliphatic carbocycles. The summed E-state index contributed by atoms with van der Waals surface area (Å²) in [5, 5.41) is 3.07. The number of nitrogens with one attached hydrogen (secondary N) is 1. The summed E-state index contributed by atoms with van der Waals surface area (Å²) in [4.78, 5) is 32.5. The predicted molar refractivity (Wildman–Crippen MR) is 142 cm³/mol. The molecule has 6 nitrogen and oxygen atoms in total. The van der Waals surface area contributed by atoms with Gasteiger partial charge in [-0.3, -0.25) is 19.5 Å². The molecule has 2 amide bonds. The highest BCUT2D eigenvalue weighted by Crippen LogP contribution is 2.33. The molecule has 10 heteroatoms. The van der Waals surface area contributed by atoms with Crippen molar-refractivity contribution in [1.29, 1.82) is 0 Å². The lowest BCUT2D eigenvalue weighted by Crippen LogP contribution is -2.48. The van der Waals surface area contributed by atoms with Crippen molar-refractivity contribution in [3.63, 3.8) is 0 Å². The van der Waals surface area contributed by atoms with E-state index in [1.54, 1.807) is 18.2 Å². The number of nitrogens with zero attached hydrogens (tertiary/aromatic N) is 2. The normalized spacial score (nSPS) is 14.9. The fourth-order valence-corrected chi connectivity index (χ4v) is 5.02. The Morgan fingerprint density at radius 3 is 2.52 bits per heavy atom. The van der Waals surface area contributed by atoms with Crippen LogP contribution in [0.15, 0.2) is 67.0 Å². The van der Waals surface area contributed by atoms with E-state index in [0.717, 1.165) is 67.1 Å². The van der Waals surface area contributed by atoms with Crippen molar-refractivity contribution in [2.75, 3.05) is 11.5 Å². The molecule has 0 bridgehead atoms. The molecule has 2 aromatic carbocycles. The minimum atomic E-state index is -4.62. The molecule has 1 fully saturated rings. The number of amides is 2. The summed E-state index contributed by atoms with van der Waals surface area (Å²) in [5.41, 5.74) is 0.261. The van der Waals surface area contributed by atoms with E-state index < -0.39 is 48.6 Å². The molecular weight excluding hydrogens is 526 g/mol. The van der Waals surface area contributed by atoms with Crippen LogP contribution in [0, 0.1) is 12.7 Å². The van der Waals surface area contributed by atoms with Gasteiger partial charge in [-0.25, -0.2) is 4.39 Å². The monoisotopic (exact) mass is 557 g/mol. The first-order valence-electron chi connectivity index (χ1n) is 13.2. The fraction of sp³-hybridized carbons (Fsp3) is 0.367. The van der Waals surface area contributed by atoms with Crippen molar-refractivity contribution < 1.29 is 31.9 Å². The molecule has 212 valence electrons. The van der Waals surface area contributed by atoms with Gasteiger partial charge in [-0.05, 0) is 55.2 Å². The van der Waals surface area contributed by atoms with E-state index in [1.807, 2.05) is 13.0 Å². The second kappa shape index (κ2) is 13.0. The van der Waals surface area contributed by atoms with E-state index in [9.17, 15) is 27.2 Å². The number of benzene rings is 2. The zero-order chi connectivity index (χ0) is 28.7. The smallest absolute Gasteiger partial charge is 0.367 e. The lowest BCUT2D eigenvalue weighted by atomic mass is 9.93. The van der Waals surface area contributed by atoms with Gasteiger partial charge in [0, 0.05) is 29.7 Å². The van der Waals surface area contributed by atoms with E-state index in [4.69, 9.17) is 4.74 Å². The van der Waals surface area contributed by atoms with Crippen LogP contribution in [0.25, 0.3) is 0 Å². The molecule has 0 spiro atoms. The Hall–Kier alpha value is -3.79. The molecule has 0 saturated heterocycles. The Morgan fingerprint density at radius 2 is 1.82 bits per heavy atom. The highest BCUT2D eigenvalue weighted by atomic mass is 19.4. The first-order valence-corrected chi connectivity index (χ1v) is 13.2. The third-order valence-corrected chi connectivity index (χ3v) is 6.99. The van der Waals surface area contributed by atoms with Crippen LogP contribution in [0.1, 0.15) is 60.4 Å². The van der Waals surface area contributed by atoms with Gasteiger partial charge in [0.1, 0.15) is 18.5 Å². The van der Waals surface area contributed by atoms with Crippen molar-refractivity contribution >= 4 is 17.5 Å². The van der Waals surface area contributed by atoms with Crippen molar-refractivity contribution in [3.8, 4) is 0 Å². The lowest BCUT2D eigenvalue weighted by molar-refractivity contribution is -0.139. The number of aromatic nitrogens is 1. The van der Waals surface area contributed by atoms with Crippen LogP contribution in [0.4, 0.5) is 23.2 Å². The molecule has 1 unspecified atom stereocenters. The summed E-state index contributed by atoms with van der Waals surface area (Å²) in [5.74, 6) is -1.75. The number of rotatable bonds is 9. The summed E-state index contributed by atoms with van der Waals surface area (Å²) in [6, 6.07) is 12.0. The van der Waals surface area contributed by atoms with Gasteiger partial charge in [-0.1, -0.05) is 49.6 Å². The first kappa shape index (κ1) is 29.2. The third-order valence-electron chi connectivity index (χ3n) is 6.99. The maximum atomic E-state index is 14.4. The van der Waals surface area contributed by atoms with Crippen molar-refractivity contribution in [3.05, 3.63) is 95.1 Å². The van der Waals surface area contributed by atoms with Gasteiger partial charge in [0.2, 0.25) is 5.91 Å². The number of anilines is 1. The van der Waals surface area contributed by atoms with E-state index in [1.165, 1.54) is 18.2 Å². The summed E-state index contributed by atoms with van der Waals surface area (Å²) in [6.45, 7) is 0.624. The van der Waals surface area contributed by atoms with Gasteiger partial charge < -0.3 is 10.1 Å². The Labute approximate surface area is 230 Å². The van der Waals surface area contributed by atoms with Gasteiger partial charge in [-0.2, -0.15) is 13.2 Å². The second-order valence-electron chi connectivity index (χ2n) is 9.87. The third kappa shape index (κ3) is 7.24. The number of halogens is 4. The van der Waals surface area contributed by atoms with Crippen LogP contribution in [-0.4, -0.2) is 29.4 Å². The number of pyridine rings is 1. The zero-order valence-electron chi connectivity index (χ0n) is 22.1. The number of ether oxygens (including phenoxy) is 1. The maximum absolute atomic E-state index is 14.4. The van der Waals surface area contributed by atoms with Crippen LogP contribution >= 0.6 is 0 Å². The Kier molecular flexibility index (Phi) is 9.52. The van der Waals surface area contributed by atoms with Gasteiger partial charge in [0.05, 0.1) is 12.2 Å². The molecule has 0 aliphatic heterocycles. The van der Waals surface area contributed by atoms with Gasteiger partial charge in [0.15, 0.2) is 0 Å². The highest BCUT2D eigenvalue weighted by Gasteiger charge is 2.36. The van der Waals surface area contributed by atoms with Crippen LogP contribution in [0.2, 0.25) is 0 Å². The largest absolute Gasteiger partial charge is 0.416 e. The molecule has 1 aromatic heterocycles. The molecule has 1 heterocycles. The molecular formula is C30H31F4N3O3. The Balaban J connectivity index is 1.66. The fourth-order valence-electron chi connectivity index (χ4n) is 5.02. The summed E-state index contributed by atoms with van der Waals surface area (Å²) in [6.07, 6.45) is 2.12. The van der Waals surface area contributed by atoms with E-state index in [-0.39, 0.29) is 17.3 Å². The SMILES string of the molecule is Cc1ccccc1C(C(=O)NC1CCCCC1)N(C(=O)COCc1cnccc1C(F)(F)F)c1cccc(F)c1. The molecule has 1 aliphatic rings. The van der Waals surface area contributed by atoms with Crippen LogP contribution in [-0.2, 0) is 27.1 Å². The summed E-state index contributed by atoms with van der Waals surface area (Å²) >= 11 is 0. The van der Waals surface area contributed by atoms with Gasteiger partial charge >= 0.3 is 6.18 Å². The molecule has 1 atom stereocenters. The van der Waals surface area contributed by atoms with Crippen molar-refractivity contribution in [2.45, 2.75) is 63.9 Å². The minimum absolute atomic E-state index is 0.0557. The number of carbonyl (C=O) groups is 2. The molecule has 0 radical (unpaired) electrons. The van der Waals surface area contributed by atoms with Crippen molar-refractivity contribution in [2.24, 2.45) is 0 Å². The zero-order valence-corrected chi connectivity index (χ0v) is 22.1. The van der Waals surface area contributed by atoms with Crippen LogP contribution in [0.5, 0.6) is 0 Å². The number of aryl methyl sites for hydroxylation is 1. The number of alkyl halides is 3. The van der Waals surface area contributed by atoms with E-state index in [0.29, 0.717) is 5.56 Å². The van der Waals surface area contributed by atoms with Crippen molar-refractivity contribution in [1.82, 2.24) is 10.3 Å².